The Morgan fingerprint density at radius 3 is 3.09 bits per heavy atom. The second-order valence-corrected chi connectivity index (χ2v) is 2.98. The zero-order valence-corrected chi connectivity index (χ0v) is 6.94. The van der Waals surface area contributed by atoms with Crippen LogP contribution in [-0.2, 0) is 6.42 Å². The standard InChI is InChI=1S/C7H8ClN3/c1-4-5-2-3-9-7(5)11-10-6(4)8/h2-3H2,1H3,(H,9,11). The molecule has 0 spiro atoms. The molecule has 0 bridgehead atoms. The number of hydrogen-bond donors (Lipinski definition) is 1. The van der Waals surface area contributed by atoms with Gasteiger partial charge in [-0.05, 0) is 18.9 Å². The fourth-order valence-corrected chi connectivity index (χ4v) is 1.44. The van der Waals surface area contributed by atoms with Crippen LogP contribution in [-0.4, -0.2) is 16.7 Å². The highest BCUT2D eigenvalue weighted by Crippen LogP contribution is 2.25. The number of hydrogen-bond acceptors (Lipinski definition) is 3. The molecule has 0 unspecified atom stereocenters. The lowest BCUT2D eigenvalue weighted by molar-refractivity contribution is 1.01. The number of aromatic nitrogens is 2. The Bertz CT molecular complexity index is 298. The molecule has 0 fully saturated rings. The lowest BCUT2D eigenvalue weighted by atomic mass is 10.1. The second-order valence-electron chi connectivity index (χ2n) is 2.62. The quantitative estimate of drug-likeness (QED) is 0.638. The SMILES string of the molecule is Cc1c(Cl)nnc2c1CCN2. The van der Waals surface area contributed by atoms with Gasteiger partial charge in [-0.1, -0.05) is 11.6 Å². The summed E-state index contributed by atoms with van der Waals surface area (Å²) in [6, 6.07) is 0. The van der Waals surface area contributed by atoms with Crippen LogP contribution in [0.15, 0.2) is 0 Å². The average molecular weight is 170 g/mol. The number of halogens is 1. The number of fused-ring (bicyclic) bond motifs is 1. The summed E-state index contributed by atoms with van der Waals surface area (Å²) < 4.78 is 0. The van der Waals surface area contributed by atoms with Crippen LogP contribution < -0.4 is 5.32 Å². The van der Waals surface area contributed by atoms with Gasteiger partial charge in [0.15, 0.2) is 11.0 Å². The third-order valence-electron chi connectivity index (χ3n) is 1.95. The molecule has 1 aromatic rings. The molecule has 3 nitrogen and oxygen atoms in total. The molecule has 1 aliphatic heterocycles. The van der Waals surface area contributed by atoms with E-state index in [1.807, 2.05) is 6.92 Å². The molecule has 2 rings (SSSR count). The topological polar surface area (TPSA) is 37.8 Å². The van der Waals surface area contributed by atoms with E-state index in [0.717, 1.165) is 24.3 Å². The van der Waals surface area contributed by atoms with Crippen LogP contribution in [0.25, 0.3) is 0 Å². The number of nitrogens with zero attached hydrogens (tertiary/aromatic N) is 2. The lowest BCUT2D eigenvalue weighted by Gasteiger charge is -2.01. The predicted molar refractivity (Wildman–Crippen MR) is 44.0 cm³/mol. The van der Waals surface area contributed by atoms with E-state index < -0.39 is 0 Å². The third kappa shape index (κ3) is 0.959. The van der Waals surface area contributed by atoms with Crippen molar-refractivity contribution in [2.24, 2.45) is 0 Å². The zero-order valence-electron chi connectivity index (χ0n) is 6.19. The van der Waals surface area contributed by atoms with Crippen LogP contribution in [0.3, 0.4) is 0 Å². The van der Waals surface area contributed by atoms with Crippen molar-refractivity contribution in [1.29, 1.82) is 0 Å². The second kappa shape index (κ2) is 2.34. The molecule has 58 valence electrons. The van der Waals surface area contributed by atoms with Gasteiger partial charge in [0, 0.05) is 12.1 Å². The molecule has 0 aromatic carbocycles. The van der Waals surface area contributed by atoms with Crippen LogP contribution in [0.2, 0.25) is 5.15 Å². The molecule has 1 N–H and O–H groups in total. The van der Waals surface area contributed by atoms with E-state index in [-0.39, 0.29) is 0 Å². The summed E-state index contributed by atoms with van der Waals surface area (Å²) in [5.74, 6) is 0.895. The monoisotopic (exact) mass is 169 g/mol. The van der Waals surface area contributed by atoms with Crippen LogP contribution >= 0.6 is 11.6 Å². The van der Waals surface area contributed by atoms with Gasteiger partial charge in [0.25, 0.3) is 0 Å². The van der Waals surface area contributed by atoms with Gasteiger partial charge in [-0.3, -0.25) is 0 Å². The Kier molecular flexibility index (Phi) is 1.46. The van der Waals surface area contributed by atoms with Crippen LogP contribution in [0.5, 0.6) is 0 Å². The van der Waals surface area contributed by atoms with Gasteiger partial charge in [-0.25, -0.2) is 0 Å². The Morgan fingerprint density at radius 1 is 1.45 bits per heavy atom. The Balaban J connectivity index is 2.62. The Labute approximate surface area is 69.8 Å². The molecule has 1 aromatic heterocycles. The highest BCUT2D eigenvalue weighted by molar-refractivity contribution is 6.30. The van der Waals surface area contributed by atoms with Gasteiger partial charge >= 0.3 is 0 Å². The van der Waals surface area contributed by atoms with E-state index >= 15 is 0 Å². The van der Waals surface area contributed by atoms with Crippen molar-refractivity contribution < 1.29 is 0 Å². The van der Waals surface area contributed by atoms with E-state index in [1.54, 1.807) is 0 Å². The Morgan fingerprint density at radius 2 is 2.27 bits per heavy atom. The fourth-order valence-electron chi connectivity index (χ4n) is 1.29. The average Bonchev–Trinajstić information content (AvgIpc) is 2.45. The summed E-state index contributed by atoms with van der Waals surface area (Å²) in [4.78, 5) is 0. The van der Waals surface area contributed by atoms with Crippen LogP contribution in [0.4, 0.5) is 5.82 Å². The van der Waals surface area contributed by atoms with Gasteiger partial charge in [0.05, 0.1) is 0 Å². The van der Waals surface area contributed by atoms with Crippen molar-refractivity contribution in [1.82, 2.24) is 10.2 Å². The zero-order chi connectivity index (χ0) is 7.84. The van der Waals surface area contributed by atoms with Gasteiger partial charge < -0.3 is 5.32 Å². The molecule has 2 heterocycles. The van der Waals surface area contributed by atoms with Gasteiger partial charge in [-0.15, -0.1) is 10.2 Å². The molecule has 4 heteroatoms. The smallest absolute Gasteiger partial charge is 0.155 e. The van der Waals surface area contributed by atoms with Crippen LogP contribution in [0.1, 0.15) is 11.1 Å². The molecule has 0 amide bonds. The summed E-state index contributed by atoms with van der Waals surface area (Å²) in [7, 11) is 0. The summed E-state index contributed by atoms with van der Waals surface area (Å²) in [5, 5.41) is 11.4. The third-order valence-corrected chi connectivity index (χ3v) is 2.31. The van der Waals surface area contributed by atoms with E-state index in [9.17, 15) is 0 Å². The molecule has 0 saturated heterocycles. The van der Waals surface area contributed by atoms with Gasteiger partial charge in [0.2, 0.25) is 0 Å². The van der Waals surface area contributed by atoms with E-state index in [0.29, 0.717) is 5.15 Å². The first kappa shape index (κ1) is 6.85. The first-order valence-corrected chi connectivity index (χ1v) is 3.92. The van der Waals surface area contributed by atoms with Crippen molar-refractivity contribution in [2.75, 3.05) is 11.9 Å². The Hall–Kier alpha value is -0.830. The minimum atomic E-state index is 0.521. The molecule has 0 radical (unpaired) electrons. The van der Waals surface area contributed by atoms with Gasteiger partial charge in [0.1, 0.15) is 0 Å². The van der Waals surface area contributed by atoms with Crippen molar-refractivity contribution >= 4 is 17.4 Å². The lowest BCUT2D eigenvalue weighted by Crippen LogP contribution is -1.95. The first-order valence-electron chi connectivity index (χ1n) is 3.54. The molecular formula is C7H8ClN3. The summed E-state index contributed by atoms with van der Waals surface area (Å²) >= 11 is 5.79. The van der Waals surface area contributed by atoms with E-state index in [2.05, 4.69) is 15.5 Å². The van der Waals surface area contributed by atoms with Crippen molar-refractivity contribution in [3.05, 3.63) is 16.3 Å². The minimum absolute atomic E-state index is 0.521. The molecule has 0 atom stereocenters. The fraction of sp³-hybridized carbons (Fsp3) is 0.429. The summed E-state index contributed by atoms with van der Waals surface area (Å²) in [6.45, 7) is 2.92. The van der Waals surface area contributed by atoms with E-state index in [4.69, 9.17) is 11.6 Å². The predicted octanol–water partition coefficient (Wildman–Crippen LogP) is 1.41. The number of anilines is 1. The van der Waals surface area contributed by atoms with Gasteiger partial charge in [-0.2, -0.15) is 0 Å². The maximum absolute atomic E-state index is 5.79. The highest BCUT2D eigenvalue weighted by atomic mass is 35.5. The van der Waals surface area contributed by atoms with Crippen molar-refractivity contribution in [3.8, 4) is 0 Å². The molecule has 11 heavy (non-hydrogen) atoms. The minimum Gasteiger partial charge on any atom is -0.368 e. The largest absolute Gasteiger partial charge is 0.368 e. The highest BCUT2D eigenvalue weighted by Gasteiger charge is 2.16. The number of rotatable bonds is 0. The van der Waals surface area contributed by atoms with Crippen molar-refractivity contribution in [3.63, 3.8) is 0 Å². The van der Waals surface area contributed by atoms with E-state index in [1.165, 1.54) is 5.56 Å². The summed E-state index contributed by atoms with van der Waals surface area (Å²) in [6.07, 6.45) is 1.01. The maximum atomic E-state index is 5.79. The normalized spacial score (nSPS) is 14.4. The number of nitrogens with one attached hydrogen (secondary N) is 1. The molecule has 0 saturated carbocycles. The first-order chi connectivity index (χ1) is 5.29. The molecule has 1 aliphatic rings. The van der Waals surface area contributed by atoms with Crippen molar-refractivity contribution in [2.45, 2.75) is 13.3 Å². The molecular weight excluding hydrogens is 162 g/mol. The maximum Gasteiger partial charge on any atom is 0.155 e. The summed E-state index contributed by atoms with van der Waals surface area (Å²) in [5.41, 5.74) is 2.27. The van der Waals surface area contributed by atoms with Crippen LogP contribution in [0, 0.1) is 6.92 Å². The molecule has 0 aliphatic carbocycles.